The highest BCUT2D eigenvalue weighted by Crippen LogP contribution is 2.24. The van der Waals surface area contributed by atoms with Crippen molar-refractivity contribution in [2.45, 2.75) is 26.2 Å². The topological polar surface area (TPSA) is 61.8 Å². The third-order valence-electron chi connectivity index (χ3n) is 5.36. The zero-order valence-electron chi connectivity index (χ0n) is 15.4. The van der Waals surface area contributed by atoms with E-state index in [1.54, 1.807) is 19.4 Å². The maximum absolute atomic E-state index is 12.5. The van der Waals surface area contributed by atoms with Crippen molar-refractivity contribution in [3.8, 4) is 5.88 Å². The van der Waals surface area contributed by atoms with Gasteiger partial charge in [0.1, 0.15) is 0 Å². The SMILES string of the molecule is CCN1CCN(C(=O)CC2CCN(c3nccc(OC)n3)CC2)CC1. The van der Waals surface area contributed by atoms with Crippen molar-refractivity contribution in [2.75, 3.05) is 57.8 Å². The van der Waals surface area contributed by atoms with Gasteiger partial charge in [0.05, 0.1) is 7.11 Å². The zero-order valence-corrected chi connectivity index (χ0v) is 15.4. The molecule has 1 aromatic heterocycles. The molecule has 3 heterocycles. The molecular formula is C18H29N5O2. The Labute approximate surface area is 150 Å². The van der Waals surface area contributed by atoms with Crippen LogP contribution in [0.15, 0.2) is 12.3 Å². The van der Waals surface area contributed by atoms with Gasteiger partial charge in [0.15, 0.2) is 0 Å². The number of anilines is 1. The predicted molar refractivity (Wildman–Crippen MR) is 96.8 cm³/mol. The molecule has 1 aromatic rings. The number of piperidine rings is 1. The van der Waals surface area contributed by atoms with E-state index in [1.165, 1.54) is 0 Å². The van der Waals surface area contributed by atoms with E-state index in [4.69, 9.17) is 4.74 Å². The predicted octanol–water partition coefficient (Wildman–Crippen LogP) is 1.26. The molecule has 7 heteroatoms. The summed E-state index contributed by atoms with van der Waals surface area (Å²) in [5.74, 6) is 2.11. The normalized spacial score (nSPS) is 19.9. The average Bonchev–Trinajstić information content (AvgIpc) is 2.68. The molecule has 2 saturated heterocycles. The lowest BCUT2D eigenvalue weighted by Crippen LogP contribution is -2.49. The lowest BCUT2D eigenvalue weighted by atomic mass is 9.93. The Kier molecular flexibility index (Phi) is 6.07. The van der Waals surface area contributed by atoms with Crippen molar-refractivity contribution in [1.29, 1.82) is 0 Å². The number of piperazine rings is 1. The van der Waals surface area contributed by atoms with Crippen molar-refractivity contribution < 1.29 is 9.53 Å². The third-order valence-corrected chi connectivity index (χ3v) is 5.36. The molecule has 0 bridgehead atoms. The molecule has 7 nitrogen and oxygen atoms in total. The molecule has 0 spiro atoms. The quantitative estimate of drug-likeness (QED) is 0.799. The number of aromatic nitrogens is 2. The number of ether oxygens (including phenoxy) is 1. The van der Waals surface area contributed by atoms with Crippen LogP contribution in [0.1, 0.15) is 26.2 Å². The number of likely N-dealkylation sites (N-methyl/N-ethyl adjacent to an activating group) is 1. The number of rotatable bonds is 5. The third kappa shape index (κ3) is 4.60. The summed E-state index contributed by atoms with van der Waals surface area (Å²) in [6, 6.07) is 1.76. The van der Waals surface area contributed by atoms with Crippen LogP contribution in [0.3, 0.4) is 0 Å². The van der Waals surface area contributed by atoms with Crippen LogP contribution in [0.2, 0.25) is 0 Å². The van der Waals surface area contributed by atoms with E-state index in [0.29, 0.717) is 24.1 Å². The molecule has 0 aliphatic carbocycles. The first-order chi connectivity index (χ1) is 12.2. The standard InChI is InChI=1S/C18H29N5O2/c1-3-21-10-12-22(13-11-21)17(24)14-15-5-8-23(9-6-15)18-19-7-4-16(20-18)25-2/h4,7,15H,3,5-6,8-14H2,1-2H3. The Morgan fingerprint density at radius 2 is 1.92 bits per heavy atom. The number of hydrogen-bond acceptors (Lipinski definition) is 6. The van der Waals surface area contributed by atoms with Gasteiger partial charge in [-0.2, -0.15) is 4.98 Å². The maximum Gasteiger partial charge on any atom is 0.228 e. The van der Waals surface area contributed by atoms with E-state index in [2.05, 4.69) is 26.7 Å². The molecule has 25 heavy (non-hydrogen) atoms. The van der Waals surface area contributed by atoms with Crippen molar-refractivity contribution >= 4 is 11.9 Å². The highest BCUT2D eigenvalue weighted by Gasteiger charge is 2.26. The van der Waals surface area contributed by atoms with Crippen LogP contribution in [-0.2, 0) is 4.79 Å². The van der Waals surface area contributed by atoms with E-state index >= 15 is 0 Å². The largest absolute Gasteiger partial charge is 0.481 e. The van der Waals surface area contributed by atoms with E-state index in [-0.39, 0.29) is 0 Å². The van der Waals surface area contributed by atoms with Crippen LogP contribution in [0, 0.1) is 5.92 Å². The molecule has 0 aromatic carbocycles. The lowest BCUT2D eigenvalue weighted by molar-refractivity contribution is -0.134. The van der Waals surface area contributed by atoms with E-state index in [9.17, 15) is 4.79 Å². The molecular weight excluding hydrogens is 318 g/mol. The van der Waals surface area contributed by atoms with Gasteiger partial charge < -0.3 is 19.4 Å². The van der Waals surface area contributed by atoms with Crippen LogP contribution in [0.5, 0.6) is 5.88 Å². The van der Waals surface area contributed by atoms with Gasteiger partial charge in [-0.3, -0.25) is 4.79 Å². The molecule has 0 radical (unpaired) electrons. The minimum absolute atomic E-state index is 0.326. The summed E-state index contributed by atoms with van der Waals surface area (Å²) in [5.41, 5.74) is 0. The summed E-state index contributed by atoms with van der Waals surface area (Å²) in [4.78, 5) is 27.9. The summed E-state index contributed by atoms with van der Waals surface area (Å²) >= 11 is 0. The highest BCUT2D eigenvalue weighted by atomic mass is 16.5. The smallest absolute Gasteiger partial charge is 0.228 e. The average molecular weight is 347 g/mol. The summed E-state index contributed by atoms with van der Waals surface area (Å²) in [7, 11) is 1.62. The van der Waals surface area contributed by atoms with E-state index in [1.807, 2.05) is 4.90 Å². The van der Waals surface area contributed by atoms with Gasteiger partial charge in [0, 0.05) is 58.0 Å². The Morgan fingerprint density at radius 3 is 2.56 bits per heavy atom. The van der Waals surface area contributed by atoms with Crippen molar-refractivity contribution in [2.24, 2.45) is 5.92 Å². The Bertz CT molecular complexity index is 566. The van der Waals surface area contributed by atoms with E-state index < -0.39 is 0 Å². The first-order valence-corrected chi connectivity index (χ1v) is 9.31. The van der Waals surface area contributed by atoms with Crippen LogP contribution in [0.4, 0.5) is 5.95 Å². The van der Waals surface area contributed by atoms with Gasteiger partial charge in [-0.1, -0.05) is 6.92 Å². The number of hydrogen-bond donors (Lipinski definition) is 0. The molecule has 0 unspecified atom stereocenters. The fourth-order valence-corrected chi connectivity index (χ4v) is 3.63. The van der Waals surface area contributed by atoms with Crippen molar-refractivity contribution in [3.05, 3.63) is 12.3 Å². The van der Waals surface area contributed by atoms with Crippen LogP contribution in [-0.4, -0.2) is 78.6 Å². The maximum atomic E-state index is 12.5. The second-order valence-corrected chi connectivity index (χ2v) is 6.85. The van der Waals surface area contributed by atoms with Gasteiger partial charge in [-0.25, -0.2) is 4.98 Å². The van der Waals surface area contributed by atoms with Crippen molar-refractivity contribution in [3.63, 3.8) is 0 Å². The molecule has 0 N–H and O–H groups in total. The Morgan fingerprint density at radius 1 is 1.20 bits per heavy atom. The minimum Gasteiger partial charge on any atom is -0.481 e. The first-order valence-electron chi connectivity index (χ1n) is 9.31. The molecule has 0 saturated carbocycles. The zero-order chi connectivity index (χ0) is 17.6. The fourth-order valence-electron chi connectivity index (χ4n) is 3.63. The Hall–Kier alpha value is -1.89. The molecule has 0 atom stereocenters. The number of nitrogens with zero attached hydrogens (tertiary/aromatic N) is 5. The highest BCUT2D eigenvalue weighted by molar-refractivity contribution is 5.76. The number of methoxy groups -OCH3 is 1. The molecule has 2 aliphatic heterocycles. The molecule has 3 rings (SSSR count). The first kappa shape index (κ1) is 17.9. The molecule has 2 aliphatic rings. The summed E-state index contributed by atoms with van der Waals surface area (Å²) < 4.78 is 5.17. The van der Waals surface area contributed by atoms with E-state index in [0.717, 1.165) is 64.6 Å². The minimum atomic E-state index is 0.326. The molecule has 1 amide bonds. The monoisotopic (exact) mass is 347 g/mol. The second kappa shape index (κ2) is 8.47. The van der Waals surface area contributed by atoms with Crippen LogP contribution < -0.4 is 9.64 Å². The number of carbonyl (C=O) groups is 1. The second-order valence-electron chi connectivity index (χ2n) is 6.85. The van der Waals surface area contributed by atoms with Gasteiger partial charge in [0.2, 0.25) is 17.7 Å². The summed E-state index contributed by atoms with van der Waals surface area (Å²) in [5, 5.41) is 0. The number of carbonyl (C=O) groups excluding carboxylic acids is 1. The van der Waals surface area contributed by atoms with Gasteiger partial charge in [-0.15, -0.1) is 0 Å². The van der Waals surface area contributed by atoms with Gasteiger partial charge >= 0.3 is 0 Å². The van der Waals surface area contributed by atoms with Gasteiger partial charge in [0.25, 0.3) is 0 Å². The summed E-state index contributed by atoms with van der Waals surface area (Å²) in [6.07, 6.45) is 4.44. The van der Waals surface area contributed by atoms with Gasteiger partial charge in [-0.05, 0) is 25.3 Å². The van der Waals surface area contributed by atoms with Crippen LogP contribution >= 0.6 is 0 Å². The van der Waals surface area contributed by atoms with Crippen molar-refractivity contribution in [1.82, 2.24) is 19.8 Å². The summed E-state index contributed by atoms with van der Waals surface area (Å²) in [6.45, 7) is 8.82. The molecule has 138 valence electrons. The fraction of sp³-hybridized carbons (Fsp3) is 0.722. The Balaban J connectivity index is 1.45. The van der Waals surface area contributed by atoms with Crippen LogP contribution in [0.25, 0.3) is 0 Å². The number of amides is 1. The lowest BCUT2D eigenvalue weighted by Gasteiger charge is -2.36. The molecule has 2 fully saturated rings.